The van der Waals surface area contributed by atoms with Crippen LogP contribution in [0.2, 0.25) is 0 Å². The van der Waals surface area contributed by atoms with Crippen LogP contribution in [-0.4, -0.2) is 21.2 Å². The van der Waals surface area contributed by atoms with E-state index in [1.165, 1.54) is 51.4 Å². The van der Waals surface area contributed by atoms with Crippen molar-refractivity contribution in [1.82, 2.24) is 0 Å². The van der Waals surface area contributed by atoms with Crippen LogP contribution < -0.4 is 0 Å². The number of esters is 1. The van der Waals surface area contributed by atoms with Crippen molar-refractivity contribution >= 4 is 37.8 Å². The Morgan fingerprint density at radius 3 is 2.42 bits per heavy atom. The van der Waals surface area contributed by atoms with E-state index < -0.39 is 0 Å². The van der Waals surface area contributed by atoms with Crippen LogP contribution in [0, 0.1) is 46.3 Å². The predicted octanol–water partition coefficient (Wildman–Crippen LogP) is 8.93. The first-order chi connectivity index (χ1) is 15.4. The molecule has 2 nitrogen and oxygen atoms in total. The van der Waals surface area contributed by atoms with Gasteiger partial charge in [-0.15, -0.1) is 0 Å². The van der Waals surface area contributed by atoms with Crippen molar-refractivity contribution in [2.45, 2.75) is 127 Å². The van der Waals surface area contributed by atoms with Gasteiger partial charge in [0.1, 0.15) is 6.10 Å². The number of hydrogen-bond donors (Lipinski definition) is 0. The summed E-state index contributed by atoms with van der Waals surface area (Å²) in [5.41, 5.74) is 0.797. The summed E-state index contributed by atoms with van der Waals surface area (Å²) in [4.78, 5) is 12.1. The molecule has 4 rings (SSSR count). The second-order valence-electron chi connectivity index (χ2n) is 13.4. The van der Waals surface area contributed by atoms with Crippen molar-refractivity contribution in [2.75, 3.05) is 0 Å². The number of rotatable bonds is 6. The maximum absolute atomic E-state index is 11.7. The van der Waals surface area contributed by atoms with E-state index in [0.717, 1.165) is 54.8 Å². The van der Waals surface area contributed by atoms with Crippen molar-refractivity contribution in [2.24, 2.45) is 46.3 Å². The average molecular weight is 589 g/mol. The molecule has 10 atom stereocenters. The lowest BCUT2D eigenvalue weighted by Crippen LogP contribution is -2.64. The molecule has 0 bridgehead atoms. The van der Waals surface area contributed by atoms with E-state index in [2.05, 4.69) is 66.5 Å². The topological polar surface area (TPSA) is 26.3 Å². The smallest absolute Gasteiger partial charge is 0.302 e. The molecule has 4 saturated carbocycles. The quantitative estimate of drug-likeness (QED) is 0.229. The van der Waals surface area contributed by atoms with Crippen LogP contribution in [-0.2, 0) is 9.53 Å². The summed E-state index contributed by atoms with van der Waals surface area (Å²) in [6.45, 7) is 14.1. The van der Waals surface area contributed by atoms with E-state index in [0.29, 0.717) is 10.2 Å². The van der Waals surface area contributed by atoms with E-state index in [4.69, 9.17) is 4.74 Å². The molecule has 4 heteroatoms. The van der Waals surface area contributed by atoms with Gasteiger partial charge in [-0.3, -0.25) is 4.79 Å². The van der Waals surface area contributed by atoms with Gasteiger partial charge >= 0.3 is 5.97 Å². The number of fused-ring (bicyclic) bond motifs is 5. The molecule has 0 heterocycles. The standard InChI is InChI=1S/C29H48Br2O2/c1-18(2)8-7-9-19(3)23-10-11-24-22-16-26(30)29(31)17-21(33-20(4)32)12-15-28(29,6)25(22)13-14-27(23,24)5/h18-19,21-26H,7-17H2,1-6H3/t19?,21?,22?,23?,24?,25?,26?,27-,28-,29+/m1/s1. The fourth-order valence-electron chi connectivity index (χ4n) is 9.51. The fraction of sp³-hybridized carbons (Fsp3) is 0.966. The molecule has 0 aliphatic heterocycles. The highest BCUT2D eigenvalue weighted by atomic mass is 79.9. The molecular formula is C29H48Br2O2. The molecule has 4 aliphatic rings. The van der Waals surface area contributed by atoms with Crippen molar-refractivity contribution in [1.29, 1.82) is 0 Å². The number of ether oxygens (including phenoxy) is 1. The summed E-state index contributed by atoms with van der Waals surface area (Å²) in [5, 5.41) is 0. The van der Waals surface area contributed by atoms with Gasteiger partial charge in [-0.25, -0.2) is 0 Å². The van der Waals surface area contributed by atoms with Gasteiger partial charge in [-0.1, -0.05) is 85.7 Å². The SMILES string of the molecule is CC(=O)OC1CC[C@]2(C)C3CC[C@]4(C)C(C(C)CCCC(C)C)CCC4C3CC(Br)[C@@]2(Br)C1. The molecule has 0 aromatic carbocycles. The van der Waals surface area contributed by atoms with Gasteiger partial charge in [0.2, 0.25) is 0 Å². The van der Waals surface area contributed by atoms with Gasteiger partial charge in [0, 0.05) is 22.5 Å². The lowest BCUT2D eigenvalue weighted by atomic mass is 9.44. The van der Waals surface area contributed by atoms with Crippen LogP contribution in [0.4, 0.5) is 0 Å². The second-order valence-corrected chi connectivity index (χ2v) is 15.9. The number of halogens is 2. The first-order valence-electron chi connectivity index (χ1n) is 13.9. The number of alkyl halides is 2. The zero-order valence-electron chi connectivity index (χ0n) is 22.0. The molecular weight excluding hydrogens is 540 g/mol. The maximum Gasteiger partial charge on any atom is 0.302 e. The van der Waals surface area contributed by atoms with Crippen molar-refractivity contribution < 1.29 is 9.53 Å². The Balaban J connectivity index is 1.51. The largest absolute Gasteiger partial charge is 0.463 e. The Morgan fingerprint density at radius 2 is 1.76 bits per heavy atom. The Hall–Kier alpha value is 0.430. The molecule has 4 aliphatic carbocycles. The molecule has 0 amide bonds. The summed E-state index contributed by atoms with van der Waals surface area (Å²) in [6, 6.07) is 0. The zero-order chi connectivity index (χ0) is 24.2. The van der Waals surface area contributed by atoms with E-state index in [1.54, 1.807) is 6.92 Å². The molecule has 0 radical (unpaired) electrons. The van der Waals surface area contributed by atoms with Crippen molar-refractivity contribution in [3.05, 3.63) is 0 Å². The maximum atomic E-state index is 11.7. The minimum atomic E-state index is -0.132. The molecule has 4 fully saturated rings. The highest BCUT2D eigenvalue weighted by molar-refractivity contribution is 9.12. The second kappa shape index (κ2) is 9.71. The molecule has 0 spiro atoms. The van der Waals surface area contributed by atoms with Gasteiger partial charge in [0.15, 0.2) is 0 Å². The minimum absolute atomic E-state index is 0.0232. The van der Waals surface area contributed by atoms with Gasteiger partial charge < -0.3 is 4.74 Å². The highest BCUT2D eigenvalue weighted by Crippen LogP contribution is 2.71. The summed E-state index contributed by atoms with van der Waals surface area (Å²) in [7, 11) is 0. The third-order valence-electron chi connectivity index (χ3n) is 11.2. The highest BCUT2D eigenvalue weighted by Gasteiger charge is 2.67. The first kappa shape index (κ1) is 26.5. The monoisotopic (exact) mass is 586 g/mol. The fourth-order valence-corrected chi connectivity index (χ4v) is 11.7. The molecule has 0 aromatic heterocycles. The summed E-state index contributed by atoms with van der Waals surface area (Å²) in [6.07, 6.45) is 14.3. The third kappa shape index (κ3) is 4.53. The zero-order valence-corrected chi connectivity index (χ0v) is 25.1. The Morgan fingerprint density at radius 1 is 1.03 bits per heavy atom. The molecule has 7 unspecified atom stereocenters. The number of carbonyl (C=O) groups is 1. The van der Waals surface area contributed by atoms with E-state index in [1.807, 2.05) is 0 Å². The molecule has 0 N–H and O–H groups in total. The Labute approximate surface area is 220 Å². The van der Waals surface area contributed by atoms with Crippen molar-refractivity contribution in [3.63, 3.8) is 0 Å². The average Bonchev–Trinajstić information content (AvgIpc) is 3.07. The van der Waals surface area contributed by atoms with E-state index in [-0.39, 0.29) is 21.8 Å². The van der Waals surface area contributed by atoms with E-state index in [9.17, 15) is 4.79 Å². The van der Waals surface area contributed by atoms with Crippen LogP contribution in [0.25, 0.3) is 0 Å². The Kier molecular flexibility index (Phi) is 7.80. The summed E-state index contributed by atoms with van der Waals surface area (Å²) < 4.78 is 5.74. The molecule has 0 saturated heterocycles. The van der Waals surface area contributed by atoms with Gasteiger partial charge in [0.25, 0.3) is 0 Å². The van der Waals surface area contributed by atoms with Gasteiger partial charge in [-0.05, 0) is 91.3 Å². The number of carbonyl (C=O) groups excluding carboxylic acids is 1. The molecule has 0 aromatic rings. The first-order valence-corrected chi connectivity index (χ1v) is 15.6. The normalized spacial score (nSPS) is 48.0. The van der Waals surface area contributed by atoms with E-state index >= 15 is 0 Å². The third-order valence-corrected chi connectivity index (χ3v) is 14.8. The van der Waals surface area contributed by atoms with Crippen LogP contribution in [0.3, 0.4) is 0 Å². The van der Waals surface area contributed by atoms with Crippen LogP contribution in [0.15, 0.2) is 0 Å². The molecule has 33 heavy (non-hydrogen) atoms. The van der Waals surface area contributed by atoms with Crippen LogP contribution in [0.5, 0.6) is 0 Å². The number of hydrogen-bond acceptors (Lipinski definition) is 2. The summed E-state index contributed by atoms with van der Waals surface area (Å²) >= 11 is 8.51. The van der Waals surface area contributed by atoms with Crippen LogP contribution in [0.1, 0.15) is 112 Å². The van der Waals surface area contributed by atoms with Gasteiger partial charge in [-0.2, -0.15) is 0 Å². The lowest BCUT2D eigenvalue weighted by Gasteiger charge is -2.66. The van der Waals surface area contributed by atoms with Crippen molar-refractivity contribution in [3.8, 4) is 0 Å². The predicted molar refractivity (Wildman–Crippen MR) is 145 cm³/mol. The molecule has 190 valence electrons. The lowest BCUT2D eigenvalue weighted by molar-refractivity contribution is -0.155. The van der Waals surface area contributed by atoms with Gasteiger partial charge in [0.05, 0.1) is 0 Å². The minimum Gasteiger partial charge on any atom is -0.463 e. The Bertz CT molecular complexity index is 724. The summed E-state index contributed by atoms with van der Waals surface area (Å²) in [5.74, 6) is 4.98. The van der Waals surface area contributed by atoms with Crippen LogP contribution >= 0.6 is 31.9 Å².